The van der Waals surface area contributed by atoms with Crippen molar-refractivity contribution < 1.29 is 27.1 Å². The summed E-state index contributed by atoms with van der Waals surface area (Å²) in [7, 11) is -2.75. The number of ether oxygens (including phenoxy) is 1. The highest BCUT2D eigenvalue weighted by molar-refractivity contribution is 7.89. The molecule has 0 fully saturated rings. The largest absolute Gasteiger partial charge is 0.477 e. The predicted molar refractivity (Wildman–Crippen MR) is 133 cm³/mol. The van der Waals surface area contributed by atoms with E-state index < -0.39 is 34.4 Å². The van der Waals surface area contributed by atoms with Gasteiger partial charge in [-0.15, -0.1) is 0 Å². The third kappa shape index (κ3) is 5.72. The Bertz CT molecular complexity index is 1330. The first kappa shape index (κ1) is 25.3. The average Bonchev–Trinajstić information content (AvgIpc) is 2.88. The van der Waals surface area contributed by atoms with Crippen LogP contribution in [0.25, 0.3) is 0 Å². The highest BCUT2D eigenvalue weighted by atomic mass is 32.2. The average molecular weight is 512 g/mol. The molecular weight excluding hydrogens is 485 g/mol. The van der Waals surface area contributed by atoms with Crippen LogP contribution in [0.3, 0.4) is 0 Å². The molecule has 2 amide bonds. The van der Waals surface area contributed by atoms with Crippen molar-refractivity contribution in [2.24, 2.45) is 0 Å². The number of nitrogens with zero attached hydrogens (tertiary/aromatic N) is 2. The molecule has 1 atom stereocenters. The van der Waals surface area contributed by atoms with Crippen LogP contribution in [-0.2, 0) is 26.0 Å². The van der Waals surface area contributed by atoms with Gasteiger partial charge < -0.3 is 15.0 Å². The van der Waals surface area contributed by atoms with Gasteiger partial charge in [0.2, 0.25) is 15.9 Å². The molecule has 1 N–H and O–H groups in total. The first-order valence-corrected chi connectivity index (χ1v) is 12.8. The Morgan fingerprint density at radius 3 is 2.42 bits per heavy atom. The molecule has 4 rings (SSSR count). The Balaban J connectivity index is 1.45. The van der Waals surface area contributed by atoms with E-state index in [1.165, 1.54) is 11.9 Å². The molecule has 0 radical (unpaired) electrons. The molecule has 10 heteroatoms. The van der Waals surface area contributed by atoms with E-state index in [0.29, 0.717) is 24.4 Å². The number of carbonyl (C=O) groups excluding carboxylic acids is 2. The quantitative estimate of drug-likeness (QED) is 0.502. The number of carbonyl (C=O) groups is 2. The van der Waals surface area contributed by atoms with Crippen LogP contribution in [0.15, 0.2) is 83.8 Å². The smallest absolute Gasteiger partial charge is 0.262 e. The van der Waals surface area contributed by atoms with Crippen molar-refractivity contribution in [3.05, 3.63) is 90.2 Å². The molecule has 36 heavy (non-hydrogen) atoms. The van der Waals surface area contributed by atoms with Gasteiger partial charge in [0.1, 0.15) is 11.6 Å². The second-order valence-corrected chi connectivity index (χ2v) is 10.4. The van der Waals surface area contributed by atoms with Crippen LogP contribution in [0.4, 0.5) is 10.1 Å². The zero-order valence-corrected chi connectivity index (χ0v) is 20.4. The zero-order chi connectivity index (χ0) is 25.7. The fourth-order valence-electron chi connectivity index (χ4n) is 3.84. The Morgan fingerprint density at radius 1 is 1.03 bits per heavy atom. The van der Waals surface area contributed by atoms with E-state index in [9.17, 15) is 22.4 Å². The maximum atomic E-state index is 13.2. The maximum Gasteiger partial charge on any atom is 0.262 e. The number of sulfonamides is 1. The van der Waals surface area contributed by atoms with Crippen LogP contribution in [0.5, 0.6) is 5.75 Å². The standard InChI is InChI=1S/C26H26FN3O5S/c1-29(36(33,34)21-13-11-20(27)12-14-21)18-25(31)30-17-24(35-23-10-6-5-9-22(23)30)26(32)28-16-15-19-7-3-2-4-8-19/h2-14,24H,15-18H2,1H3,(H,28,32)/t24-/m0/s1. The van der Waals surface area contributed by atoms with Gasteiger partial charge in [-0.1, -0.05) is 42.5 Å². The Hall–Kier alpha value is -3.76. The number of amides is 2. The Labute approximate surface area is 209 Å². The van der Waals surface area contributed by atoms with Crippen molar-refractivity contribution in [2.45, 2.75) is 17.4 Å². The summed E-state index contributed by atoms with van der Waals surface area (Å²) in [6, 6.07) is 20.9. The summed E-state index contributed by atoms with van der Waals surface area (Å²) >= 11 is 0. The lowest BCUT2D eigenvalue weighted by Crippen LogP contribution is -2.52. The first-order valence-electron chi connectivity index (χ1n) is 11.4. The van der Waals surface area contributed by atoms with Crippen LogP contribution >= 0.6 is 0 Å². The molecule has 0 unspecified atom stereocenters. The number of nitrogens with one attached hydrogen (secondary N) is 1. The number of benzene rings is 3. The fourth-order valence-corrected chi connectivity index (χ4v) is 4.96. The minimum atomic E-state index is -4.03. The number of halogens is 1. The third-order valence-corrected chi connectivity index (χ3v) is 7.62. The summed E-state index contributed by atoms with van der Waals surface area (Å²) in [6.07, 6.45) is -0.316. The molecule has 0 spiro atoms. The van der Waals surface area contributed by atoms with E-state index in [1.54, 1.807) is 24.3 Å². The lowest BCUT2D eigenvalue weighted by Gasteiger charge is -2.35. The highest BCUT2D eigenvalue weighted by Gasteiger charge is 2.35. The van der Waals surface area contributed by atoms with Crippen molar-refractivity contribution in [3.8, 4) is 5.75 Å². The van der Waals surface area contributed by atoms with Gasteiger partial charge in [-0.3, -0.25) is 9.59 Å². The van der Waals surface area contributed by atoms with Crippen molar-refractivity contribution in [2.75, 3.05) is 31.6 Å². The molecule has 1 heterocycles. The lowest BCUT2D eigenvalue weighted by molar-refractivity contribution is -0.128. The molecule has 0 saturated carbocycles. The number of rotatable bonds is 8. The molecule has 1 aliphatic heterocycles. The van der Waals surface area contributed by atoms with Gasteiger partial charge in [0.25, 0.3) is 5.91 Å². The van der Waals surface area contributed by atoms with E-state index >= 15 is 0 Å². The van der Waals surface area contributed by atoms with Gasteiger partial charge in [0.05, 0.1) is 23.7 Å². The first-order chi connectivity index (χ1) is 17.3. The zero-order valence-electron chi connectivity index (χ0n) is 19.6. The molecule has 0 bridgehead atoms. The van der Waals surface area contributed by atoms with E-state index in [-0.39, 0.29) is 17.3 Å². The molecule has 0 aromatic heterocycles. The summed E-state index contributed by atoms with van der Waals surface area (Å²) in [4.78, 5) is 27.3. The summed E-state index contributed by atoms with van der Waals surface area (Å²) in [5.74, 6) is -1.11. The SMILES string of the molecule is CN(CC(=O)N1C[C@@H](C(=O)NCCc2ccccc2)Oc2ccccc21)S(=O)(=O)c1ccc(F)cc1. The summed E-state index contributed by atoms with van der Waals surface area (Å²) in [6.45, 7) is -0.148. The minimum Gasteiger partial charge on any atom is -0.477 e. The normalized spacial score (nSPS) is 15.2. The lowest BCUT2D eigenvalue weighted by atomic mass is 10.1. The van der Waals surface area contributed by atoms with Crippen molar-refractivity contribution in [1.82, 2.24) is 9.62 Å². The monoisotopic (exact) mass is 511 g/mol. The van der Waals surface area contributed by atoms with Gasteiger partial charge in [0.15, 0.2) is 6.10 Å². The van der Waals surface area contributed by atoms with Crippen molar-refractivity contribution in [1.29, 1.82) is 0 Å². The number of para-hydroxylation sites is 2. The summed E-state index contributed by atoms with van der Waals surface area (Å²) in [5, 5.41) is 2.84. The Morgan fingerprint density at radius 2 is 1.69 bits per heavy atom. The molecule has 3 aromatic rings. The summed E-state index contributed by atoms with van der Waals surface area (Å²) in [5.41, 5.74) is 1.53. The fraction of sp³-hybridized carbons (Fsp3) is 0.231. The highest BCUT2D eigenvalue weighted by Crippen LogP contribution is 2.33. The van der Waals surface area contributed by atoms with E-state index in [4.69, 9.17) is 4.74 Å². The van der Waals surface area contributed by atoms with Gasteiger partial charge in [-0.25, -0.2) is 12.8 Å². The van der Waals surface area contributed by atoms with E-state index in [2.05, 4.69) is 5.32 Å². The second kappa shape index (κ2) is 10.9. The molecule has 188 valence electrons. The van der Waals surface area contributed by atoms with Gasteiger partial charge in [0, 0.05) is 13.6 Å². The Kier molecular flexibility index (Phi) is 7.66. The molecule has 1 aliphatic rings. The van der Waals surface area contributed by atoms with Gasteiger partial charge >= 0.3 is 0 Å². The van der Waals surface area contributed by atoms with Crippen LogP contribution in [0.1, 0.15) is 5.56 Å². The predicted octanol–water partition coefficient (Wildman–Crippen LogP) is 2.60. The topological polar surface area (TPSA) is 96.0 Å². The van der Waals surface area contributed by atoms with Crippen LogP contribution < -0.4 is 15.0 Å². The number of hydrogen-bond donors (Lipinski definition) is 1. The van der Waals surface area contributed by atoms with Crippen molar-refractivity contribution >= 4 is 27.5 Å². The maximum absolute atomic E-state index is 13.2. The summed E-state index contributed by atoms with van der Waals surface area (Å²) < 4.78 is 45.7. The number of fused-ring (bicyclic) bond motifs is 1. The van der Waals surface area contributed by atoms with Crippen LogP contribution in [0, 0.1) is 5.82 Å². The molecular formula is C26H26FN3O5S. The van der Waals surface area contributed by atoms with Crippen LogP contribution in [-0.4, -0.2) is 57.3 Å². The van der Waals surface area contributed by atoms with E-state index in [0.717, 1.165) is 34.1 Å². The molecule has 0 aliphatic carbocycles. The van der Waals surface area contributed by atoms with E-state index in [1.807, 2.05) is 30.3 Å². The molecule has 0 saturated heterocycles. The molecule has 8 nitrogen and oxygen atoms in total. The third-order valence-electron chi connectivity index (χ3n) is 5.80. The number of hydrogen-bond acceptors (Lipinski definition) is 5. The van der Waals surface area contributed by atoms with Crippen LogP contribution in [0.2, 0.25) is 0 Å². The number of likely N-dealkylation sites (N-methyl/N-ethyl adjacent to an activating group) is 1. The minimum absolute atomic E-state index is 0.0720. The van der Waals surface area contributed by atoms with Gasteiger partial charge in [-0.05, 0) is 48.4 Å². The van der Waals surface area contributed by atoms with Crippen molar-refractivity contribution in [3.63, 3.8) is 0 Å². The molecule has 3 aromatic carbocycles. The second-order valence-electron chi connectivity index (χ2n) is 8.32. The van der Waals surface area contributed by atoms with Gasteiger partial charge in [-0.2, -0.15) is 4.31 Å². The number of anilines is 1.